The molecule has 0 saturated heterocycles. The second kappa shape index (κ2) is 8.14. The van der Waals surface area contributed by atoms with Crippen LogP contribution < -0.4 is 10.1 Å². The maximum absolute atomic E-state index is 12.0. The van der Waals surface area contributed by atoms with Crippen molar-refractivity contribution in [1.29, 1.82) is 0 Å². The van der Waals surface area contributed by atoms with E-state index < -0.39 is 0 Å². The molecule has 0 aliphatic heterocycles. The Morgan fingerprint density at radius 1 is 1.27 bits per heavy atom. The van der Waals surface area contributed by atoms with Crippen molar-refractivity contribution in [3.8, 4) is 5.75 Å². The molecule has 0 aliphatic rings. The van der Waals surface area contributed by atoms with Crippen LogP contribution in [-0.2, 0) is 6.61 Å². The molecule has 22 heavy (non-hydrogen) atoms. The minimum absolute atomic E-state index is 0.0573. The van der Waals surface area contributed by atoms with Crippen molar-refractivity contribution < 1.29 is 14.6 Å². The summed E-state index contributed by atoms with van der Waals surface area (Å²) in [6.45, 7) is 2.31. The lowest BCUT2D eigenvalue weighted by Gasteiger charge is -2.12. The predicted octanol–water partition coefficient (Wildman–Crippen LogP) is 2.16. The van der Waals surface area contributed by atoms with Gasteiger partial charge in [0.1, 0.15) is 12.4 Å². The highest BCUT2D eigenvalue weighted by atomic mass is 16.5. The molecule has 1 atom stereocenters. The number of hydrogen-bond acceptors (Lipinski definition) is 4. The Hall–Kier alpha value is -2.40. The molecule has 0 aliphatic carbocycles. The van der Waals surface area contributed by atoms with E-state index in [4.69, 9.17) is 9.84 Å². The molecule has 2 rings (SSSR count). The molecule has 1 aromatic carbocycles. The summed E-state index contributed by atoms with van der Waals surface area (Å²) in [6, 6.07) is 12.6. The number of benzene rings is 1. The summed E-state index contributed by atoms with van der Waals surface area (Å²) in [6.07, 6.45) is 2.26. The van der Waals surface area contributed by atoms with Crippen LogP contribution in [0.3, 0.4) is 0 Å². The Balaban J connectivity index is 1.88. The minimum Gasteiger partial charge on any atom is -0.487 e. The average molecular weight is 300 g/mol. The summed E-state index contributed by atoms with van der Waals surface area (Å²) in [7, 11) is 0. The smallest absolute Gasteiger partial charge is 0.251 e. The second-order valence-electron chi connectivity index (χ2n) is 5.02. The van der Waals surface area contributed by atoms with E-state index in [1.165, 1.54) is 0 Å². The standard InChI is InChI=1S/C17H20N2O3/c1-13(9-11-20)19-17(21)14-5-7-16(8-6-14)22-12-15-4-2-3-10-18-15/h2-8,10,13,20H,9,11-12H2,1H3,(H,19,21). The number of carbonyl (C=O) groups excluding carboxylic acids is 1. The van der Waals surface area contributed by atoms with E-state index in [2.05, 4.69) is 10.3 Å². The Kier molecular flexibility index (Phi) is 5.91. The minimum atomic E-state index is -0.155. The molecule has 1 amide bonds. The van der Waals surface area contributed by atoms with E-state index >= 15 is 0 Å². The van der Waals surface area contributed by atoms with E-state index in [-0.39, 0.29) is 18.6 Å². The molecule has 0 fully saturated rings. The summed E-state index contributed by atoms with van der Waals surface area (Å²) >= 11 is 0. The van der Waals surface area contributed by atoms with Crippen LogP contribution in [0.5, 0.6) is 5.75 Å². The van der Waals surface area contributed by atoms with Crippen molar-refractivity contribution in [3.05, 3.63) is 59.9 Å². The zero-order valence-electron chi connectivity index (χ0n) is 12.5. The SMILES string of the molecule is CC(CCO)NC(=O)c1ccc(OCc2ccccn2)cc1. The lowest BCUT2D eigenvalue weighted by atomic mass is 10.1. The van der Waals surface area contributed by atoms with Gasteiger partial charge >= 0.3 is 0 Å². The molecular formula is C17H20N2O3. The molecule has 0 radical (unpaired) electrons. The highest BCUT2D eigenvalue weighted by Gasteiger charge is 2.09. The number of nitrogens with zero attached hydrogens (tertiary/aromatic N) is 1. The molecular weight excluding hydrogens is 280 g/mol. The zero-order chi connectivity index (χ0) is 15.8. The van der Waals surface area contributed by atoms with Gasteiger partial charge < -0.3 is 15.2 Å². The van der Waals surface area contributed by atoms with Gasteiger partial charge in [-0.3, -0.25) is 9.78 Å². The number of aromatic nitrogens is 1. The lowest BCUT2D eigenvalue weighted by Crippen LogP contribution is -2.33. The molecule has 0 spiro atoms. The van der Waals surface area contributed by atoms with Crippen molar-refractivity contribution in [2.24, 2.45) is 0 Å². The number of rotatable bonds is 7. The second-order valence-corrected chi connectivity index (χ2v) is 5.02. The van der Waals surface area contributed by atoms with Crippen LogP contribution in [0.1, 0.15) is 29.4 Å². The van der Waals surface area contributed by atoms with Crippen LogP contribution in [0.25, 0.3) is 0 Å². The number of hydrogen-bond donors (Lipinski definition) is 2. The van der Waals surface area contributed by atoms with Crippen molar-refractivity contribution in [3.63, 3.8) is 0 Å². The number of aliphatic hydroxyl groups excluding tert-OH is 1. The van der Waals surface area contributed by atoms with Gasteiger partial charge in [-0.25, -0.2) is 0 Å². The van der Waals surface area contributed by atoms with Gasteiger partial charge in [0.2, 0.25) is 0 Å². The first-order chi connectivity index (χ1) is 10.7. The number of nitrogens with one attached hydrogen (secondary N) is 1. The maximum atomic E-state index is 12.0. The highest BCUT2D eigenvalue weighted by Crippen LogP contribution is 2.14. The van der Waals surface area contributed by atoms with Crippen molar-refractivity contribution in [2.75, 3.05) is 6.61 Å². The normalized spacial score (nSPS) is 11.7. The molecule has 0 bridgehead atoms. The highest BCUT2D eigenvalue weighted by molar-refractivity contribution is 5.94. The Labute approximate surface area is 130 Å². The molecule has 1 unspecified atom stereocenters. The summed E-state index contributed by atoms with van der Waals surface area (Å²) in [4.78, 5) is 16.2. The van der Waals surface area contributed by atoms with E-state index in [0.29, 0.717) is 24.3 Å². The van der Waals surface area contributed by atoms with Crippen LogP contribution in [0.4, 0.5) is 0 Å². The molecule has 0 saturated carbocycles. The monoisotopic (exact) mass is 300 g/mol. The van der Waals surface area contributed by atoms with E-state index in [1.807, 2.05) is 25.1 Å². The molecule has 1 aromatic heterocycles. The van der Waals surface area contributed by atoms with Gasteiger partial charge in [0.25, 0.3) is 5.91 Å². The predicted molar refractivity (Wildman–Crippen MR) is 83.6 cm³/mol. The van der Waals surface area contributed by atoms with Gasteiger partial charge in [-0.15, -0.1) is 0 Å². The topological polar surface area (TPSA) is 71.5 Å². The molecule has 5 nitrogen and oxygen atoms in total. The molecule has 1 heterocycles. The molecule has 116 valence electrons. The van der Waals surface area contributed by atoms with Crippen molar-refractivity contribution in [2.45, 2.75) is 26.0 Å². The summed E-state index contributed by atoms with van der Waals surface area (Å²) < 4.78 is 5.62. The fourth-order valence-corrected chi connectivity index (χ4v) is 1.92. The van der Waals surface area contributed by atoms with E-state index in [1.54, 1.807) is 30.5 Å². The van der Waals surface area contributed by atoms with Crippen molar-refractivity contribution >= 4 is 5.91 Å². The fourth-order valence-electron chi connectivity index (χ4n) is 1.92. The first-order valence-corrected chi connectivity index (χ1v) is 7.23. The summed E-state index contributed by atoms with van der Waals surface area (Å²) in [5.74, 6) is 0.530. The van der Waals surface area contributed by atoms with Crippen LogP contribution in [0.15, 0.2) is 48.7 Å². The van der Waals surface area contributed by atoms with Gasteiger partial charge in [0.15, 0.2) is 0 Å². The third-order valence-electron chi connectivity index (χ3n) is 3.17. The lowest BCUT2D eigenvalue weighted by molar-refractivity contribution is 0.0934. The Bertz CT molecular complexity index is 585. The van der Waals surface area contributed by atoms with Crippen LogP contribution in [0, 0.1) is 0 Å². The Morgan fingerprint density at radius 2 is 2.05 bits per heavy atom. The van der Waals surface area contributed by atoms with Gasteiger partial charge in [0, 0.05) is 24.4 Å². The van der Waals surface area contributed by atoms with Crippen LogP contribution >= 0.6 is 0 Å². The quantitative estimate of drug-likeness (QED) is 0.822. The van der Waals surface area contributed by atoms with Gasteiger partial charge in [-0.05, 0) is 49.7 Å². The first kappa shape index (κ1) is 16.0. The number of amides is 1. The van der Waals surface area contributed by atoms with Gasteiger partial charge in [-0.1, -0.05) is 6.07 Å². The van der Waals surface area contributed by atoms with Gasteiger partial charge in [-0.2, -0.15) is 0 Å². The number of ether oxygens (including phenoxy) is 1. The zero-order valence-corrected chi connectivity index (χ0v) is 12.5. The van der Waals surface area contributed by atoms with Crippen LogP contribution in [-0.4, -0.2) is 28.6 Å². The van der Waals surface area contributed by atoms with E-state index in [9.17, 15) is 4.79 Å². The molecule has 5 heteroatoms. The first-order valence-electron chi connectivity index (χ1n) is 7.23. The number of pyridine rings is 1. The van der Waals surface area contributed by atoms with Crippen molar-refractivity contribution in [1.82, 2.24) is 10.3 Å². The average Bonchev–Trinajstić information content (AvgIpc) is 2.54. The summed E-state index contributed by atoms with van der Waals surface area (Å²) in [5, 5.41) is 11.7. The summed E-state index contributed by atoms with van der Waals surface area (Å²) in [5.41, 5.74) is 1.41. The maximum Gasteiger partial charge on any atom is 0.251 e. The third-order valence-corrected chi connectivity index (χ3v) is 3.17. The van der Waals surface area contributed by atoms with Gasteiger partial charge in [0.05, 0.1) is 5.69 Å². The largest absolute Gasteiger partial charge is 0.487 e. The fraction of sp³-hybridized carbons (Fsp3) is 0.294. The number of aliphatic hydroxyl groups is 1. The molecule has 2 aromatic rings. The third kappa shape index (κ3) is 4.86. The Morgan fingerprint density at radius 3 is 2.68 bits per heavy atom. The number of carbonyl (C=O) groups is 1. The molecule has 2 N–H and O–H groups in total. The van der Waals surface area contributed by atoms with E-state index in [0.717, 1.165) is 5.69 Å². The van der Waals surface area contributed by atoms with Crippen LogP contribution in [0.2, 0.25) is 0 Å².